The topological polar surface area (TPSA) is 78.9 Å². The smallest absolute Gasteiger partial charge is 0.462 e. The fraction of sp³-hybridized carbons (Fsp3) is 0.500. The average Bonchev–Trinajstić information content (AvgIpc) is 2.30. The van der Waals surface area contributed by atoms with E-state index in [0.29, 0.717) is 0 Å². The van der Waals surface area contributed by atoms with Gasteiger partial charge < -0.3 is 14.2 Å². The van der Waals surface area contributed by atoms with Crippen molar-refractivity contribution in [1.29, 1.82) is 0 Å². The predicted molar refractivity (Wildman–Crippen MR) is 53.7 cm³/mol. The third kappa shape index (κ3) is 7.79. The quantitative estimate of drug-likeness (QED) is 0.407. The molecule has 0 amide bonds. The van der Waals surface area contributed by atoms with Gasteiger partial charge in [0.2, 0.25) is 0 Å². The van der Waals surface area contributed by atoms with E-state index < -0.39 is 43.4 Å². The van der Waals surface area contributed by atoms with E-state index in [1.807, 2.05) is 0 Å². The summed E-state index contributed by atoms with van der Waals surface area (Å²) in [6.45, 7) is 2.72. The van der Waals surface area contributed by atoms with Crippen molar-refractivity contribution in [2.45, 2.75) is 19.2 Å². The minimum Gasteiger partial charge on any atom is -0.462 e. The highest BCUT2D eigenvalue weighted by atomic mass is 19.4. The van der Waals surface area contributed by atoms with Gasteiger partial charge in [0.15, 0.2) is 6.10 Å². The number of esters is 3. The summed E-state index contributed by atoms with van der Waals surface area (Å²) >= 11 is 0. The van der Waals surface area contributed by atoms with Crippen LogP contribution >= 0.6 is 0 Å². The molecule has 0 aromatic heterocycles. The molecule has 108 valence electrons. The Kier molecular flexibility index (Phi) is 6.59. The molecule has 19 heavy (non-hydrogen) atoms. The molecule has 0 aliphatic heterocycles. The predicted octanol–water partition coefficient (Wildman–Crippen LogP) is 0.753. The van der Waals surface area contributed by atoms with Crippen LogP contribution in [0.15, 0.2) is 12.7 Å². The molecule has 0 radical (unpaired) electrons. The lowest BCUT2D eigenvalue weighted by Gasteiger charge is -2.17. The molecule has 0 aromatic rings. The zero-order valence-corrected chi connectivity index (χ0v) is 9.86. The van der Waals surface area contributed by atoms with Crippen LogP contribution in [0, 0.1) is 0 Å². The van der Waals surface area contributed by atoms with E-state index in [2.05, 4.69) is 20.8 Å². The second-order valence-corrected chi connectivity index (χ2v) is 3.16. The summed E-state index contributed by atoms with van der Waals surface area (Å²) in [4.78, 5) is 31.8. The van der Waals surface area contributed by atoms with Crippen LogP contribution in [0.5, 0.6) is 0 Å². The third-order valence-corrected chi connectivity index (χ3v) is 1.56. The van der Waals surface area contributed by atoms with Crippen molar-refractivity contribution in [2.75, 3.05) is 13.2 Å². The maximum absolute atomic E-state index is 12.0. The highest BCUT2D eigenvalue weighted by Crippen LogP contribution is 2.17. The molecular formula is C10H11F3O6. The molecule has 0 saturated heterocycles. The van der Waals surface area contributed by atoms with Gasteiger partial charge in [0.1, 0.15) is 13.2 Å². The fourth-order valence-corrected chi connectivity index (χ4v) is 0.779. The fourth-order valence-electron chi connectivity index (χ4n) is 0.779. The summed E-state index contributed by atoms with van der Waals surface area (Å²) in [5, 5.41) is 0. The molecule has 0 aliphatic carbocycles. The lowest BCUT2D eigenvalue weighted by molar-refractivity contribution is -0.209. The first kappa shape index (κ1) is 16.9. The van der Waals surface area contributed by atoms with Crippen molar-refractivity contribution >= 4 is 17.9 Å². The molecule has 6 nitrogen and oxygen atoms in total. The van der Waals surface area contributed by atoms with Crippen LogP contribution in [0.2, 0.25) is 0 Å². The molecule has 0 rings (SSSR count). The summed E-state index contributed by atoms with van der Waals surface area (Å²) in [7, 11) is 0. The Morgan fingerprint density at radius 3 is 2.16 bits per heavy atom. The van der Waals surface area contributed by atoms with Gasteiger partial charge >= 0.3 is 24.1 Å². The van der Waals surface area contributed by atoms with Gasteiger partial charge in [-0.2, -0.15) is 13.2 Å². The van der Waals surface area contributed by atoms with Gasteiger partial charge in [-0.15, -0.1) is 0 Å². The molecular weight excluding hydrogens is 273 g/mol. The summed E-state index contributed by atoms with van der Waals surface area (Å²) in [6.07, 6.45) is -5.98. The normalized spacial score (nSPS) is 12.2. The molecule has 0 saturated carbocycles. The van der Waals surface area contributed by atoms with Crippen molar-refractivity contribution in [3.8, 4) is 0 Å². The molecule has 9 heteroatoms. The Morgan fingerprint density at radius 2 is 1.74 bits per heavy atom. The number of rotatable bonds is 6. The van der Waals surface area contributed by atoms with E-state index in [0.717, 1.165) is 13.0 Å². The highest BCUT2D eigenvalue weighted by Gasteiger charge is 2.42. The first-order valence-corrected chi connectivity index (χ1v) is 4.87. The van der Waals surface area contributed by atoms with Crippen molar-refractivity contribution in [2.24, 2.45) is 0 Å². The van der Waals surface area contributed by atoms with Gasteiger partial charge in [-0.25, -0.2) is 9.59 Å². The third-order valence-electron chi connectivity index (χ3n) is 1.56. The number of ether oxygens (including phenoxy) is 3. The highest BCUT2D eigenvalue weighted by molar-refractivity contribution is 5.81. The number of alkyl halides is 3. The molecule has 0 spiro atoms. The average molecular weight is 284 g/mol. The van der Waals surface area contributed by atoms with Gasteiger partial charge in [-0.05, 0) is 0 Å². The number of carbonyl (C=O) groups excluding carboxylic acids is 3. The Hall–Kier alpha value is -2.06. The van der Waals surface area contributed by atoms with Crippen molar-refractivity contribution in [3.63, 3.8) is 0 Å². The van der Waals surface area contributed by atoms with Crippen molar-refractivity contribution in [3.05, 3.63) is 12.7 Å². The van der Waals surface area contributed by atoms with Crippen molar-refractivity contribution in [1.82, 2.24) is 0 Å². The van der Waals surface area contributed by atoms with Gasteiger partial charge in [-0.3, -0.25) is 4.79 Å². The molecule has 1 atom stereocenters. The Balaban J connectivity index is 4.48. The van der Waals surface area contributed by atoms with E-state index in [4.69, 9.17) is 0 Å². The first-order valence-electron chi connectivity index (χ1n) is 4.87. The minimum absolute atomic E-state index is 0.665. The van der Waals surface area contributed by atoms with E-state index in [9.17, 15) is 27.6 Å². The van der Waals surface area contributed by atoms with Crippen LogP contribution in [0.4, 0.5) is 13.2 Å². The lowest BCUT2D eigenvalue weighted by atomic mass is 10.4. The SMILES string of the molecule is C=CC(=O)OCC(COC(C)=O)OC(=O)C(F)(F)F. The van der Waals surface area contributed by atoms with Gasteiger partial charge in [0.25, 0.3) is 0 Å². The maximum atomic E-state index is 12.0. The van der Waals surface area contributed by atoms with E-state index >= 15 is 0 Å². The Bertz CT molecular complexity index is 363. The van der Waals surface area contributed by atoms with Crippen molar-refractivity contribution < 1.29 is 41.8 Å². The lowest BCUT2D eigenvalue weighted by Crippen LogP contribution is -2.35. The van der Waals surface area contributed by atoms with Crippen LogP contribution in [-0.2, 0) is 28.6 Å². The Labute approximate surface area is 106 Å². The second-order valence-electron chi connectivity index (χ2n) is 3.16. The van der Waals surface area contributed by atoms with Gasteiger partial charge in [0, 0.05) is 13.0 Å². The first-order chi connectivity index (χ1) is 8.66. The number of carbonyl (C=O) groups is 3. The standard InChI is InChI=1S/C10H11F3O6/c1-3-8(15)18-5-7(4-17-6(2)14)19-9(16)10(11,12)13/h3,7H,1,4-5H2,2H3. The summed E-state index contributed by atoms with van der Waals surface area (Å²) < 4.78 is 48.7. The van der Waals surface area contributed by atoms with Crippen LogP contribution in [0.3, 0.4) is 0 Å². The molecule has 0 N–H and O–H groups in total. The van der Waals surface area contributed by atoms with Crippen LogP contribution in [0.1, 0.15) is 6.92 Å². The van der Waals surface area contributed by atoms with Crippen LogP contribution < -0.4 is 0 Å². The summed E-state index contributed by atoms with van der Waals surface area (Å²) in [5.41, 5.74) is 0. The molecule has 0 heterocycles. The van der Waals surface area contributed by atoms with E-state index in [1.54, 1.807) is 0 Å². The number of halogens is 3. The monoisotopic (exact) mass is 284 g/mol. The van der Waals surface area contributed by atoms with Crippen LogP contribution in [-0.4, -0.2) is 43.4 Å². The van der Waals surface area contributed by atoms with Gasteiger partial charge in [0.05, 0.1) is 0 Å². The zero-order valence-electron chi connectivity index (χ0n) is 9.86. The largest absolute Gasteiger partial charge is 0.490 e. The van der Waals surface area contributed by atoms with E-state index in [1.165, 1.54) is 0 Å². The summed E-state index contributed by atoms with van der Waals surface area (Å²) in [6, 6.07) is 0. The van der Waals surface area contributed by atoms with Crippen LogP contribution in [0.25, 0.3) is 0 Å². The number of hydrogen-bond donors (Lipinski definition) is 0. The van der Waals surface area contributed by atoms with Gasteiger partial charge in [-0.1, -0.05) is 6.58 Å². The number of hydrogen-bond acceptors (Lipinski definition) is 6. The zero-order chi connectivity index (χ0) is 15.1. The maximum Gasteiger partial charge on any atom is 0.490 e. The molecule has 0 bridgehead atoms. The molecule has 0 fully saturated rings. The minimum atomic E-state index is -5.20. The molecule has 0 aromatic carbocycles. The molecule has 0 aliphatic rings. The Morgan fingerprint density at radius 1 is 1.21 bits per heavy atom. The second kappa shape index (κ2) is 7.39. The summed E-state index contributed by atoms with van der Waals surface area (Å²) in [5.74, 6) is -4.18. The molecule has 1 unspecified atom stereocenters. The van der Waals surface area contributed by atoms with E-state index in [-0.39, 0.29) is 0 Å².